The minimum atomic E-state index is 0.0827. The van der Waals surface area contributed by atoms with Crippen LogP contribution in [0.2, 0.25) is 0 Å². The molecule has 0 unspecified atom stereocenters. The third-order valence-corrected chi connectivity index (χ3v) is 2.83. The van der Waals surface area contributed by atoms with Crippen LogP contribution in [0.4, 0.5) is 5.69 Å². The highest BCUT2D eigenvalue weighted by atomic mass is 16.5. The number of carbonyl (C=O) groups excluding carboxylic acids is 1. The zero-order chi connectivity index (χ0) is 12.3. The van der Waals surface area contributed by atoms with Crippen LogP contribution >= 0.6 is 0 Å². The molecular formula is C14H17NO2. The molecular weight excluding hydrogens is 214 g/mol. The predicted molar refractivity (Wildman–Crippen MR) is 67.7 cm³/mol. The van der Waals surface area contributed by atoms with Gasteiger partial charge in [0.25, 0.3) is 0 Å². The van der Waals surface area contributed by atoms with E-state index in [9.17, 15) is 4.79 Å². The third-order valence-electron chi connectivity index (χ3n) is 2.83. The minimum Gasteiger partial charge on any atom is -0.479 e. The van der Waals surface area contributed by atoms with Gasteiger partial charge in [-0.15, -0.1) is 0 Å². The lowest BCUT2D eigenvalue weighted by atomic mass is 10.1. The molecule has 1 N–H and O–H groups in total. The summed E-state index contributed by atoms with van der Waals surface area (Å²) >= 11 is 0. The summed E-state index contributed by atoms with van der Waals surface area (Å²) in [7, 11) is 0. The van der Waals surface area contributed by atoms with Gasteiger partial charge >= 0.3 is 0 Å². The van der Waals surface area contributed by atoms with Crippen LogP contribution in [-0.4, -0.2) is 12.4 Å². The fourth-order valence-electron chi connectivity index (χ4n) is 1.84. The van der Waals surface area contributed by atoms with E-state index in [0.717, 1.165) is 24.1 Å². The lowest BCUT2D eigenvalue weighted by Gasteiger charge is -2.21. The zero-order valence-electron chi connectivity index (χ0n) is 10.2. The van der Waals surface area contributed by atoms with Crippen molar-refractivity contribution in [2.24, 2.45) is 0 Å². The van der Waals surface area contributed by atoms with E-state index in [4.69, 9.17) is 4.74 Å². The first kappa shape index (κ1) is 11.7. The summed E-state index contributed by atoms with van der Waals surface area (Å²) in [6.07, 6.45) is 1.71. The van der Waals surface area contributed by atoms with Gasteiger partial charge in [0.2, 0.25) is 0 Å². The molecule has 3 heteroatoms. The molecule has 0 fully saturated rings. The Balaban J connectivity index is 2.21. The van der Waals surface area contributed by atoms with Crippen molar-refractivity contribution < 1.29 is 9.53 Å². The second kappa shape index (κ2) is 5.04. The third kappa shape index (κ3) is 2.87. The van der Waals surface area contributed by atoms with Gasteiger partial charge in [0, 0.05) is 5.69 Å². The maximum atomic E-state index is 11.5. The molecule has 0 spiro atoms. The topological polar surface area (TPSA) is 38.3 Å². The SMILES string of the molecule is CC(=O)C1=C(Nc2ccc(C)cc2)OCCC1. The van der Waals surface area contributed by atoms with Gasteiger partial charge in [0.05, 0.1) is 12.2 Å². The van der Waals surface area contributed by atoms with Crippen LogP contribution < -0.4 is 5.32 Å². The second-order valence-electron chi connectivity index (χ2n) is 4.31. The lowest BCUT2D eigenvalue weighted by molar-refractivity contribution is -0.114. The molecule has 90 valence electrons. The number of Topliss-reactive ketones (excluding diaryl/α,β-unsaturated/α-hetero) is 1. The Hall–Kier alpha value is -1.77. The molecule has 1 aromatic rings. The van der Waals surface area contributed by atoms with Crippen LogP contribution in [0.1, 0.15) is 25.3 Å². The number of rotatable bonds is 3. The Labute approximate surface area is 101 Å². The molecule has 2 rings (SSSR count). The normalized spacial score (nSPS) is 15.4. The van der Waals surface area contributed by atoms with Crippen LogP contribution in [0.15, 0.2) is 35.7 Å². The van der Waals surface area contributed by atoms with Crippen molar-refractivity contribution in [2.75, 3.05) is 11.9 Å². The summed E-state index contributed by atoms with van der Waals surface area (Å²) in [5, 5.41) is 3.18. The molecule has 1 aliphatic heterocycles. The van der Waals surface area contributed by atoms with Gasteiger partial charge in [-0.2, -0.15) is 0 Å². The van der Waals surface area contributed by atoms with Crippen molar-refractivity contribution in [3.05, 3.63) is 41.3 Å². The molecule has 0 aromatic heterocycles. The standard InChI is InChI=1S/C14H17NO2/c1-10-5-7-12(8-6-10)15-14-13(11(2)16)4-3-9-17-14/h5-8,15H,3-4,9H2,1-2H3. The summed E-state index contributed by atoms with van der Waals surface area (Å²) in [4.78, 5) is 11.5. The molecule has 17 heavy (non-hydrogen) atoms. The molecule has 3 nitrogen and oxygen atoms in total. The Morgan fingerprint density at radius 3 is 2.65 bits per heavy atom. The van der Waals surface area contributed by atoms with Gasteiger partial charge in [-0.3, -0.25) is 4.79 Å². The minimum absolute atomic E-state index is 0.0827. The average Bonchev–Trinajstić information content (AvgIpc) is 2.32. The van der Waals surface area contributed by atoms with Crippen molar-refractivity contribution in [3.8, 4) is 0 Å². The summed E-state index contributed by atoms with van der Waals surface area (Å²) < 4.78 is 5.53. The first-order chi connectivity index (χ1) is 8.16. The number of hydrogen-bond acceptors (Lipinski definition) is 3. The van der Waals surface area contributed by atoms with E-state index in [0.29, 0.717) is 12.5 Å². The average molecular weight is 231 g/mol. The van der Waals surface area contributed by atoms with Gasteiger partial charge in [-0.1, -0.05) is 17.7 Å². The monoisotopic (exact) mass is 231 g/mol. The van der Waals surface area contributed by atoms with E-state index in [1.54, 1.807) is 6.92 Å². The fourth-order valence-corrected chi connectivity index (χ4v) is 1.84. The highest BCUT2D eigenvalue weighted by Gasteiger charge is 2.17. The van der Waals surface area contributed by atoms with E-state index >= 15 is 0 Å². The molecule has 1 aromatic carbocycles. The fraction of sp³-hybridized carbons (Fsp3) is 0.357. The van der Waals surface area contributed by atoms with Gasteiger partial charge < -0.3 is 10.1 Å². The molecule has 1 aliphatic rings. The molecule has 0 bridgehead atoms. The van der Waals surface area contributed by atoms with Crippen LogP contribution in [-0.2, 0) is 9.53 Å². The lowest BCUT2D eigenvalue weighted by Crippen LogP contribution is -2.17. The van der Waals surface area contributed by atoms with Crippen molar-refractivity contribution >= 4 is 11.5 Å². The van der Waals surface area contributed by atoms with Crippen LogP contribution in [0.5, 0.6) is 0 Å². The molecule has 0 saturated heterocycles. The zero-order valence-corrected chi connectivity index (χ0v) is 10.2. The number of carbonyl (C=O) groups is 1. The van der Waals surface area contributed by atoms with Crippen molar-refractivity contribution in [1.82, 2.24) is 0 Å². The summed E-state index contributed by atoms with van der Waals surface area (Å²) in [6.45, 7) is 4.30. The van der Waals surface area contributed by atoms with Crippen LogP contribution in [0.3, 0.4) is 0 Å². The predicted octanol–water partition coefficient (Wildman–Crippen LogP) is 3.02. The van der Waals surface area contributed by atoms with E-state index in [1.165, 1.54) is 5.56 Å². The van der Waals surface area contributed by atoms with Gasteiger partial charge in [0.15, 0.2) is 11.7 Å². The summed E-state index contributed by atoms with van der Waals surface area (Å²) in [5.41, 5.74) is 2.92. The van der Waals surface area contributed by atoms with Gasteiger partial charge in [-0.25, -0.2) is 0 Å². The van der Waals surface area contributed by atoms with Crippen LogP contribution in [0, 0.1) is 6.92 Å². The smallest absolute Gasteiger partial charge is 0.198 e. The highest BCUT2D eigenvalue weighted by Crippen LogP contribution is 2.22. The molecule has 0 atom stereocenters. The maximum absolute atomic E-state index is 11.5. The summed E-state index contributed by atoms with van der Waals surface area (Å²) in [6, 6.07) is 8.02. The largest absolute Gasteiger partial charge is 0.479 e. The van der Waals surface area contributed by atoms with Crippen molar-refractivity contribution in [3.63, 3.8) is 0 Å². The van der Waals surface area contributed by atoms with Gasteiger partial charge in [0.1, 0.15) is 0 Å². The summed E-state index contributed by atoms with van der Waals surface area (Å²) in [5.74, 6) is 0.701. The van der Waals surface area contributed by atoms with E-state index in [1.807, 2.05) is 31.2 Å². The number of ether oxygens (including phenoxy) is 1. The number of aryl methyl sites for hydroxylation is 1. The molecule has 1 heterocycles. The van der Waals surface area contributed by atoms with Crippen molar-refractivity contribution in [2.45, 2.75) is 26.7 Å². The quantitative estimate of drug-likeness (QED) is 0.869. The second-order valence-corrected chi connectivity index (χ2v) is 4.31. The van der Waals surface area contributed by atoms with Crippen LogP contribution in [0.25, 0.3) is 0 Å². The first-order valence-electron chi connectivity index (χ1n) is 5.87. The molecule has 0 saturated carbocycles. The van der Waals surface area contributed by atoms with Gasteiger partial charge in [-0.05, 0) is 38.8 Å². The number of hydrogen-bond donors (Lipinski definition) is 1. The number of ketones is 1. The Morgan fingerprint density at radius 2 is 2.00 bits per heavy atom. The number of anilines is 1. The maximum Gasteiger partial charge on any atom is 0.198 e. The van der Waals surface area contributed by atoms with E-state index in [2.05, 4.69) is 5.32 Å². The van der Waals surface area contributed by atoms with Crippen molar-refractivity contribution in [1.29, 1.82) is 0 Å². The molecule has 0 aliphatic carbocycles. The Kier molecular flexibility index (Phi) is 3.47. The van der Waals surface area contributed by atoms with E-state index in [-0.39, 0.29) is 5.78 Å². The van der Waals surface area contributed by atoms with E-state index < -0.39 is 0 Å². The first-order valence-corrected chi connectivity index (χ1v) is 5.87. The number of allylic oxidation sites excluding steroid dienone is 1. The highest BCUT2D eigenvalue weighted by molar-refractivity contribution is 5.94. The molecule has 0 amide bonds. The number of nitrogens with one attached hydrogen (secondary N) is 1. The number of benzene rings is 1. The molecule has 0 radical (unpaired) electrons. The Morgan fingerprint density at radius 1 is 1.29 bits per heavy atom. The Bertz CT molecular complexity index is 446.